The highest BCUT2D eigenvalue weighted by Crippen LogP contribution is 2.41. The summed E-state index contributed by atoms with van der Waals surface area (Å²) in [5.41, 5.74) is 1.54. The molecule has 0 fully saturated rings. The van der Waals surface area contributed by atoms with Gasteiger partial charge in [-0.15, -0.1) is 0 Å². The summed E-state index contributed by atoms with van der Waals surface area (Å²) in [4.78, 5) is 4.05. The van der Waals surface area contributed by atoms with E-state index in [1.54, 1.807) is 59.5 Å². The van der Waals surface area contributed by atoms with Crippen LogP contribution in [0.5, 0.6) is 17.2 Å². The Balaban J connectivity index is 1.58. The van der Waals surface area contributed by atoms with Gasteiger partial charge in [0.25, 0.3) is 10.0 Å². The smallest absolute Gasteiger partial charge is 0.268 e. The first kappa shape index (κ1) is 24.6. The highest BCUT2D eigenvalue weighted by Gasteiger charge is 2.27. The minimum Gasteiger partial charge on any atom is -0.489 e. The first-order valence-electron chi connectivity index (χ1n) is 12.2. The van der Waals surface area contributed by atoms with E-state index in [4.69, 9.17) is 9.47 Å². The quantitative estimate of drug-likeness (QED) is 0.237. The maximum Gasteiger partial charge on any atom is 0.268 e. The first-order chi connectivity index (χ1) is 18.9. The topological polar surface area (TPSA) is 88.2 Å². The minimum absolute atomic E-state index is 0.106. The standard InChI is InChI=1S/C29H23FN4O4S/c1-20-7-10-24(11-8-20)39(35,36)34-27-12-9-21(30)15-25(27)26-16-23(38-22-5-3-2-4-6-22)17-28(29(26)34)37-14-13-33-19-31-18-32-33/h2-12,15-19H,13-14H2,1H3. The molecule has 2 heterocycles. The van der Waals surface area contributed by atoms with Gasteiger partial charge in [-0.25, -0.2) is 26.4 Å². The number of fused-ring (bicyclic) bond motifs is 3. The molecule has 2 aromatic heterocycles. The second kappa shape index (κ2) is 9.88. The van der Waals surface area contributed by atoms with Crippen molar-refractivity contribution in [2.75, 3.05) is 6.61 Å². The van der Waals surface area contributed by atoms with Gasteiger partial charge in [-0.05, 0) is 55.5 Å². The lowest BCUT2D eigenvalue weighted by molar-refractivity contribution is 0.292. The second-order valence-electron chi connectivity index (χ2n) is 8.98. The molecular formula is C29H23FN4O4S. The lowest BCUT2D eigenvalue weighted by Crippen LogP contribution is -2.14. The number of nitrogens with zero attached hydrogens (tertiary/aromatic N) is 4. The van der Waals surface area contributed by atoms with E-state index < -0.39 is 15.8 Å². The molecule has 0 aliphatic heterocycles. The molecule has 0 amide bonds. The Kier molecular flexibility index (Phi) is 6.24. The number of benzene rings is 4. The van der Waals surface area contributed by atoms with Gasteiger partial charge in [0.1, 0.15) is 47.8 Å². The molecular weight excluding hydrogens is 519 g/mol. The Bertz CT molecular complexity index is 1890. The molecule has 6 aromatic rings. The molecule has 0 atom stereocenters. The minimum atomic E-state index is -4.10. The van der Waals surface area contributed by atoms with E-state index in [-0.39, 0.29) is 22.8 Å². The van der Waals surface area contributed by atoms with E-state index in [9.17, 15) is 12.8 Å². The SMILES string of the molecule is Cc1ccc(S(=O)(=O)n2c3ccc(F)cc3c3cc(Oc4ccccc4)cc(OCCn4cncn4)c32)cc1. The van der Waals surface area contributed by atoms with E-state index in [1.165, 1.54) is 28.5 Å². The van der Waals surface area contributed by atoms with Crippen LogP contribution in [-0.2, 0) is 16.6 Å². The molecule has 8 nitrogen and oxygen atoms in total. The monoisotopic (exact) mass is 542 g/mol. The molecule has 39 heavy (non-hydrogen) atoms. The fraction of sp³-hybridized carbons (Fsp3) is 0.103. The molecule has 10 heteroatoms. The average molecular weight is 543 g/mol. The number of halogens is 1. The van der Waals surface area contributed by atoms with E-state index in [0.29, 0.717) is 34.3 Å². The van der Waals surface area contributed by atoms with Crippen LogP contribution in [0.15, 0.2) is 102 Å². The van der Waals surface area contributed by atoms with Crippen molar-refractivity contribution in [1.82, 2.24) is 18.7 Å². The van der Waals surface area contributed by atoms with Crippen molar-refractivity contribution in [2.24, 2.45) is 0 Å². The Labute approximate surface area is 223 Å². The summed E-state index contributed by atoms with van der Waals surface area (Å²) in [5.74, 6) is 0.788. The van der Waals surface area contributed by atoms with Gasteiger partial charge in [-0.2, -0.15) is 5.10 Å². The molecule has 0 aliphatic rings. The molecule has 0 saturated heterocycles. The lowest BCUT2D eigenvalue weighted by atomic mass is 10.1. The van der Waals surface area contributed by atoms with Crippen LogP contribution in [-0.4, -0.2) is 33.8 Å². The molecule has 196 valence electrons. The summed E-state index contributed by atoms with van der Waals surface area (Å²) in [6.45, 7) is 2.44. The zero-order chi connectivity index (χ0) is 27.0. The summed E-state index contributed by atoms with van der Waals surface area (Å²) < 4.78 is 57.7. The van der Waals surface area contributed by atoms with Gasteiger partial charge in [0.2, 0.25) is 0 Å². The van der Waals surface area contributed by atoms with Crippen LogP contribution < -0.4 is 9.47 Å². The Hall–Kier alpha value is -4.70. The van der Waals surface area contributed by atoms with Crippen LogP contribution in [0.2, 0.25) is 0 Å². The Morgan fingerprint density at radius 3 is 2.44 bits per heavy atom. The fourth-order valence-electron chi connectivity index (χ4n) is 4.48. The molecule has 0 N–H and O–H groups in total. The van der Waals surface area contributed by atoms with Gasteiger partial charge in [0.15, 0.2) is 0 Å². The van der Waals surface area contributed by atoms with Crippen molar-refractivity contribution in [3.8, 4) is 17.2 Å². The molecule has 0 unspecified atom stereocenters. The zero-order valence-corrected chi connectivity index (χ0v) is 21.7. The van der Waals surface area contributed by atoms with Gasteiger partial charge in [-0.3, -0.25) is 0 Å². The van der Waals surface area contributed by atoms with Crippen LogP contribution in [0, 0.1) is 12.7 Å². The molecule has 4 aromatic carbocycles. The molecule has 6 rings (SSSR count). The van der Waals surface area contributed by atoms with E-state index in [2.05, 4.69) is 10.1 Å². The summed E-state index contributed by atoms with van der Waals surface area (Å²) >= 11 is 0. The van der Waals surface area contributed by atoms with Crippen LogP contribution in [0.25, 0.3) is 21.8 Å². The van der Waals surface area contributed by atoms with Crippen molar-refractivity contribution >= 4 is 31.8 Å². The van der Waals surface area contributed by atoms with Crippen LogP contribution >= 0.6 is 0 Å². The summed E-state index contributed by atoms with van der Waals surface area (Å²) in [5, 5.41) is 4.98. The summed E-state index contributed by atoms with van der Waals surface area (Å²) in [7, 11) is -4.10. The van der Waals surface area contributed by atoms with E-state index in [0.717, 1.165) is 5.56 Å². The second-order valence-corrected chi connectivity index (χ2v) is 10.8. The fourth-order valence-corrected chi connectivity index (χ4v) is 6.01. The third-order valence-corrected chi connectivity index (χ3v) is 8.03. The molecule has 0 saturated carbocycles. The number of aryl methyl sites for hydroxylation is 1. The van der Waals surface area contributed by atoms with Crippen LogP contribution in [0.4, 0.5) is 4.39 Å². The normalized spacial score (nSPS) is 11.7. The van der Waals surface area contributed by atoms with Crippen molar-refractivity contribution < 1.29 is 22.3 Å². The Morgan fingerprint density at radius 2 is 1.69 bits per heavy atom. The number of ether oxygens (including phenoxy) is 2. The predicted octanol–water partition coefficient (Wildman–Crippen LogP) is 5.94. The average Bonchev–Trinajstić information content (AvgIpc) is 3.56. The van der Waals surface area contributed by atoms with Crippen molar-refractivity contribution in [2.45, 2.75) is 18.4 Å². The first-order valence-corrected chi connectivity index (χ1v) is 13.6. The van der Waals surface area contributed by atoms with Gasteiger partial charge in [0.05, 0.1) is 17.0 Å². The largest absolute Gasteiger partial charge is 0.489 e. The lowest BCUT2D eigenvalue weighted by Gasteiger charge is -2.15. The van der Waals surface area contributed by atoms with Crippen molar-refractivity contribution in [1.29, 1.82) is 0 Å². The zero-order valence-electron chi connectivity index (χ0n) is 20.9. The van der Waals surface area contributed by atoms with Crippen molar-refractivity contribution in [3.05, 3.63) is 109 Å². The van der Waals surface area contributed by atoms with E-state index >= 15 is 0 Å². The summed E-state index contributed by atoms with van der Waals surface area (Å²) in [6.07, 6.45) is 2.99. The summed E-state index contributed by atoms with van der Waals surface area (Å²) in [6, 6.07) is 23.2. The van der Waals surface area contributed by atoms with Crippen molar-refractivity contribution in [3.63, 3.8) is 0 Å². The number of para-hydroxylation sites is 1. The van der Waals surface area contributed by atoms with Crippen LogP contribution in [0.1, 0.15) is 5.56 Å². The van der Waals surface area contributed by atoms with E-state index in [1.807, 2.05) is 25.1 Å². The predicted molar refractivity (Wildman–Crippen MR) is 145 cm³/mol. The van der Waals surface area contributed by atoms with Gasteiger partial charge in [-0.1, -0.05) is 35.9 Å². The third kappa shape index (κ3) is 4.70. The third-order valence-electron chi connectivity index (χ3n) is 6.30. The highest BCUT2D eigenvalue weighted by molar-refractivity contribution is 7.90. The number of aromatic nitrogens is 4. The molecule has 0 radical (unpaired) electrons. The maximum absolute atomic E-state index is 14.5. The van der Waals surface area contributed by atoms with Gasteiger partial charge < -0.3 is 9.47 Å². The Morgan fingerprint density at radius 1 is 0.897 bits per heavy atom. The van der Waals surface area contributed by atoms with Crippen LogP contribution in [0.3, 0.4) is 0 Å². The maximum atomic E-state index is 14.5. The number of rotatable bonds is 8. The van der Waals surface area contributed by atoms with Gasteiger partial charge in [0, 0.05) is 16.8 Å². The van der Waals surface area contributed by atoms with Gasteiger partial charge >= 0.3 is 0 Å². The number of hydrogen-bond acceptors (Lipinski definition) is 6. The molecule has 0 spiro atoms. The number of hydrogen-bond donors (Lipinski definition) is 0. The molecule has 0 bridgehead atoms. The molecule has 0 aliphatic carbocycles. The highest BCUT2D eigenvalue weighted by atomic mass is 32.2.